The zero-order valence-corrected chi connectivity index (χ0v) is 16.7. The molecule has 0 N–H and O–H groups in total. The molecule has 0 spiro atoms. The van der Waals surface area contributed by atoms with Crippen molar-refractivity contribution >= 4 is 9.84 Å². The standard InChI is InChI=1S/C22H20FN3O2S/c1-14-3-2-4-17(25-14)11-26-12-19-18-9-15(16-6-8-22(23)24-10-16)5-7-20(18)29(27,28)21(19)13-26/h2-10,19,21H,11-13H2,1H3/t19-,21-/m1/s1. The molecule has 7 heteroatoms. The van der Waals surface area contributed by atoms with Crippen molar-refractivity contribution in [2.45, 2.75) is 29.5 Å². The van der Waals surface area contributed by atoms with Crippen LogP contribution < -0.4 is 0 Å². The number of pyridine rings is 2. The molecule has 2 atom stereocenters. The van der Waals surface area contributed by atoms with Crippen LogP contribution in [-0.4, -0.2) is 41.6 Å². The molecular weight excluding hydrogens is 389 g/mol. The van der Waals surface area contributed by atoms with Gasteiger partial charge >= 0.3 is 0 Å². The molecule has 3 aromatic rings. The van der Waals surface area contributed by atoms with Gasteiger partial charge in [-0.25, -0.2) is 13.4 Å². The molecule has 1 fully saturated rings. The molecule has 2 aliphatic rings. The second-order valence-corrected chi connectivity index (χ2v) is 9.91. The van der Waals surface area contributed by atoms with Crippen LogP contribution in [0.4, 0.5) is 4.39 Å². The normalized spacial score (nSPS) is 22.4. The van der Waals surface area contributed by atoms with E-state index >= 15 is 0 Å². The first-order chi connectivity index (χ1) is 13.9. The summed E-state index contributed by atoms with van der Waals surface area (Å²) in [6, 6.07) is 14.3. The van der Waals surface area contributed by atoms with E-state index in [0.717, 1.165) is 28.1 Å². The van der Waals surface area contributed by atoms with E-state index in [4.69, 9.17) is 0 Å². The van der Waals surface area contributed by atoms with Crippen LogP contribution in [0.5, 0.6) is 0 Å². The minimum atomic E-state index is -3.36. The highest BCUT2D eigenvalue weighted by Gasteiger charge is 2.50. The number of aryl methyl sites for hydroxylation is 1. The Morgan fingerprint density at radius 2 is 1.93 bits per heavy atom. The van der Waals surface area contributed by atoms with Crippen LogP contribution in [0.2, 0.25) is 0 Å². The Labute approximate surface area is 169 Å². The molecule has 4 heterocycles. The third kappa shape index (κ3) is 3.14. The summed E-state index contributed by atoms with van der Waals surface area (Å²) < 4.78 is 39.4. The number of halogens is 1. The Bertz CT molecular complexity index is 1190. The van der Waals surface area contributed by atoms with Crippen molar-refractivity contribution in [3.8, 4) is 11.1 Å². The van der Waals surface area contributed by atoms with Gasteiger partial charge in [-0.1, -0.05) is 12.1 Å². The maximum atomic E-state index is 13.1. The molecule has 2 aromatic heterocycles. The van der Waals surface area contributed by atoms with E-state index in [-0.39, 0.29) is 5.92 Å². The van der Waals surface area contributed by atoms with Gasteiger partial charge < -0.3 is 0 Å². The largest absolute Gasteiger partial charge is 0.296 e. The summed E-state index contributed by atoms with van der Waals surface area (Å²) in [5.41, 5.74) is 4.39. The summed E-state index contributed by atoms with van der Waals surface area (Å²) in [6.07, 6.45) is 1.47. The molecule has 1 saturated heterocycles. The lowest BCUT2D eigenvalue weighted by atomic mass is 9.95. The minimum absolute atomic E-state index is 0.0619. The number of hydrogen-bond donors (Lipinski definition) is 0. The third-order valence-corrected chi connectivity index (χ3v) is 8.11. The Balaban J connectivity index is 1.47. The van der Waals surface area contributed by atoms with Gasteiger partial charge in [0.1, 0.15) is 0 Å². The number of rotatable bonds is 3. The number of aromatic nitrogens is 2. The van der Waals surface area contributed by atoms with Crippen LogP contribution in [0.25, 0.3) is 11.1 Å². The average molecular weight is 409 g/mol. The monoisotopic (exact) mass is 409 g/mol. The molecule has 0 amide bonds. The molecular formula is C22H20FN3O2S. The van der Waals surface area contributed by atoms with Crippen molar-refractivity contribution in [2.75, 3.05) is 13.1 Å². The van der Waals surface area contributed by atoms with Gasteiger partial charge in [0, 0.05) is 43.0 Å². The summed E-state index contributed by atoms with van der Waals surface area (Å²) in [4.78, 5) is 10.9. The molecule has 0 unspecified atom stereocenters. The number of likely N-dealkylation sites (tertiary alicyclic amines) is 1. The van der Waals surface area contributed by atoms with Crippen LogP contribution in [0.1, 0.15) is 22.9 Å². The number of nitrogens with zero attached hydrogens (tertiary/aromatic N) is 3. The van der Waals surface area contributed by atoms with E-state index in [1.807, 2.05) is 31.2 Å². The van der Waals surface area contributed by atoms with Crippen LogP contribution in [0.15, 0.2) is 59.6 Å². The second-order valence-electron chi connectivity index (χ2n) is 7.78. The van der Waals surface area contributed by atoms with Crippen molar-refractivity contribution in [2.24, 2.45) is 0 Å². The Morgan fingerprint density at radius 1 is 1.10 bits per heavy atom. The number of fused-ring (bicyclic) bond motifs is 3. The van der Waals surface area contributed by atoms with Crippen LogP contribution in [0.3, 0.4) is 0 Å². The van der Waals surface area contributed by atoms with Gasteiger partial charge in [0.2, 0.25) is 5.95 Å². The van der Waals surface area contributed by atoms with Crippen LogP contribution in [0, 0.1) is 12.9 Å². The Hall–Kier alpha value is -2.64. The highest BCUT2D eigenvalue weighted by Crippen LogP contribution is 2.46. The lowest BCUT2D eigenvalue weighted by Crippen LogP contribution is -2.26. The van der Waals surface area contributed by atoms with Gasteiger partial charge in [0.05, 0.1) is 15.8 Å². The van der Waals surface area contributed by atoms with Crippen molar-refractivity contribution < 1.29 is 12.8 Å². The van der Waals surface area contributed by atoms with Gasteiger partial charge in [-0.05, 0) is 54.4 Å². The number of hydrogen-bond acceptors (Lipinski definition) is 5. The molecule has 29 heavy (non-hydrogen) atoms. The van der Waals surface area contributed by atoms with E-state index in [9.17, 15) is 12.8 Å². The third-order valence-electron chi connectivity index (χ3n) is 5.85. The molecule has 2 aliphatic heterocycles. The molecule has 5 nitrogen and oxygen atoms in total. The van der Waals surface area contributed by atoms with Crippen molar-refractivity contribution in [3.63, 3.8) is 0 Å². The fraction of sp³-hybridized carbons (Fsp3) is 0.273. The van der Waals surface area contributed by atoms with E-state index in [0.29, 0.717) is 24.5 Å². The molecule has 0 aliphatic carbocycles. The predicted octanol–water partition coefficient (Wildman–Crippen LogP) is 3.35. The first kappa shape index (κ1) is 18.4. The van der Waals surface area contributed by atoms with Crippen molar-refractivity contribution in [1.82, 2.24) is 14.9 Å². The van der Waals surface area contributed by atoms with E-state index in [1.54, 1.807) is 18.2 Å². The van der Waals surface area contributed by atoms with Gasteiger partial charge in [-0.2, -0.15) is 4.39 Å². The average Bonchev–Trinajstić information content (AvgIpc) is 3.20. The zero-order valence-electron chi connectivity index (χ0n) is 15.9. The van der Waals surface area contributed by atoms with Crippen molar-refractivity contribution in [1.29, 1.82) is 0 Å². The molecule has 0 saturated carbocycles. The molecule has 0 bridgehead atoms. The summed E-state index contributed by atoms with van der Waals surface area (Å²) in [5.74, 6) is -0.595. The van der Waals surface area contributed by atoms with E-state index in [1.165, 1.54) is 12.3 Å². The maximum Gasteiger partial charge on any atom is 0.212 e. The number of benzene rings is 1. The quantitative estimate of drug-likeness (QED) is 0.621. The fourth-order valence-electron chi connectivity index (χ4n) is 4.50. The zero-order chi connectivity index (χ0) is 20.2. The molecule has 5 rings (SSSR count). The summed E-state index contributed by atoms with van der Waals surface area (Å²) in [7, 11) is -3.36. The highest BCUT2D eigenvalue weighted by molar-refractivity contribution is 7.92. The van der Waals surface area contributed by atoms with Crippen LogP contribution in [-0.2, 0) is 16.4 Å². The van der Waals surface area contributed by atoms with Gasteiger partial charge in [-0.15, -0.1) is 0 Å². The lowest BCUT2D eigenvalue weighted by molar-refractivity contribution is 0.321. The summed E-state index contributed by atoms with van der Waals surface area (Å²) >= 11 is 0. The summed E-state index contributed by atoms with van der Waals surface area (Å²) in [5, 5.41) is -0.427. The topological polar surface area (TPSA) is 63.2 Å². The van der Waals surface area contributed by atoms with Gasteiger partial charge in [-0.3, -0.25) is 9.88 Å². The van der Waals surface area contributed by atoms with Gasteiger partial charge in [0.15, 0.2) is 9.84 Å². The smallest absolute Gasteiger partial charge is 0.212 e. The molecule has 0 radical (unpaired) electrons. The second kappa shape index (κ2) is 6.71. The van der Waals surface area contributed by atoms with E-state index < -0.39 is 21.0 Å². The Morgan fingerprint density at radius 3 is 2.69 bits per heavy atom. The SMILES string of the molecule is Cc1cccc(CN2C[C@@H]3c4cc(-c5ccc(F)nc5)ccc4S(=O)(=O)[C@@H]3C2)n1. The predicted molar refractivity (Wildman–Crippen MR) is 108 cm³/mol. The Kier molecular flexibility index (Phi) is 4.26. The first-order valence-corrected chi connectivity index (χ1v) is 11.1. The summed E-state index contributed by atoms with van der Waals surface area (Å²) in [6.45, 7) is 3.78. The fourth-order valence-corrected chi connectivity index (χ4v) is 6.69. The lowest BCUT2D eigenvalue weighted by Gasteiger charge is -2.17. The number of sulfone groups is 1. The highest BCUT2D eigenvalue weighted by atomic mass is 32.2. The van der Waals surface area contributed by atoms with E-state index in [2.05, 4.69) is 14.9 Å². The maximum absolute atomic E-state index is 13.1. The van der Waals surface area contributed by atoms with Crippen molar-refractivity contribution in [3.05, 3.63) is 77.6 Å². The molecule has 1 aromatic carbocycles. The van der Waals surface area contributed by atoms with Gasteiger partial charge in [0.25, 0.3) is 0 Å². The molecule has 148 valence electrons. The van der Waals surface area contributed by atoms with Crippen LogP contribution >= 0.6 is 0 Å². The first-order valence-electron chi connectivity index (χ1n) is 9.56. The minimum Gasteiger partial charge on any atom is -0.296 e.